The molecule has 1 rings (SSSR count). The van der Waals surface area contributed by atoms with Crippen LogP contribution >= 0.6 is 0 Å². The minimum Gasteiger partial charge on any atom is -0.381 e. The summed E-state index contributed by atoms with van der Waals surface area (Å²) in [7, 11) is -2.44. The fourth-order valence-corrected chi connectivity index (χ4v) is 13.3. The Balaban J connectivity index is 0.000000547. The van der Waals surface area contributed by atoms with Crippen molar-refractivity contribution in [2.24, 2.45) is 11.5 Å². The van der Waals surface area contributed by atoms with Gasteiger partial charge < -0.3 is 20.9 Å². The number of nitrogens with one attached hydrogen (secondary N) is 1. The maximum Gasteiger partial charge on any atom is 0.112 e. The molecule has 0 amide bonds. The first-order chi connectivity index (χ1) is 9.83. The summed E-state index contributed by atoms with van der Waals surface area (Å²) in [5, 5.41) is 0. The molecule has 1 saturated heterocycles. The van der Waals surface area contributed by atoms with Crippen molar-refractivity contribution >= 4 is 16.5 Å². The summed E-state index contributed by atoms with van der Waals surface area (Å²) in [6, 6.07) is 2.59. The van der Waals surface area contributed by atoms with Gasteiger partial charge in [-0.3, -0.25) is 0 Å². The summed E-state index contributed by atoms with van der Waals surface area (Å²) in [6.07, 6.45) is 6.25. The molecule has 0 aromatic carbocycles. The second-order valence-electron chi connectivity index (χ2n) is 7.35. The van der Waals surface area contributed by atoms with Gasteiger partial charge in [0, 0.05) is 13.2 Å². The van der Waals surface area contributed by atoms with E-state index in [1.807, 2.05) is 0 Å². The summed E-state index contributed by atoms with van der Waals surface area (Å²) in [5.41, 5.74) is 11.1. The van der Waals surface area contributed by atoms with Gasteiger partial charge in [0.2, 0.25) is 0 Å². The third kappa shape index (κ3) is 13.6. The largest absolute Gasteiger partial charge is 0.381 e. The molecule has 0 aromatic heterocycles. The molecule has 1 heterocycles. The zero-order valence-corrected chi connectivity index (χ0v) is 16.8. The molecular weight excluding hydrogens is 294 g/mol. The maximum absolute atomic E-state index is 5.57. The van der Waals surface area contributed by atoms with Crippen LogP contribution in [-0.2, 0) is 4.74 Å². The minimum atomic E-state index is -1.22. The first-order valence-corrected chi connectivity index (χ1v) is 15.0. The molecule has 0 aliphatic carbocycles. The Morgan fingerprint density at radius 3 is 1.48 bits per heavy atom. The van der Waals surface area contributed by atoms with E-state index in [4.69, 9.17) is 16.2 Å². The van der Waals surface area contributed by atoms with Crippen molar-refractivity contribution in [1.29, 1.82) is 0 Å². The van der Waals surface area contributed by atoms with Crippen LogP contribution in [-0.4, -0.2) is 42.8 Å². The van der Waals surface area contributed by atoms with Gasteiger partial charge in [-0.1, -0.05) is 26.2 Å². The second-order valence-corrected chi connectivity index (χ2v) is 16.9. The Labute approximate surface area is 134 Å². The highest BCUT2D eigenvalue weighted by Gasteiger charge is 2.29. The van der Waals surface area contributed by atoms with E-state index in [-0.39, 0.29) is 0 Å². The van der Waals surface area contributed by atoms with Crippen LogP contribution in [0.4, 0.5) is 0 Å². The standard InChI is InChI=1S/C10H29N3Si2.C5H10O/c1-14(2,9-5-7-11)13-15(3,4)10-6-8-12;1-2-4-6-5-3-1/h13H,5-12H2,1-4H3;1-5H2. The molecule has 0 aromatic rings. The molecule has 4 nitrogen and oxygen atoms in total. The maximum atomic E-state index is 5.57. The predicted molar refractivity (Wildman–Crippen MR) is 99.7 cm³/mol. The second kappa shape index (κ2) is 11.8. The van der Waals surface area contributed by atoms with Crippen LogP contribution in [0.15, 0.2) is 0 Å². The van der Waals surface area contributed by atoms with Crippen molar-refractivity contribution < 1.29 is 4.74 Å². The van der Waals surface area contributed by atoms with E-state index in [0.29, 0.717) is 0 Å². The van der Waals surface area contributed by atoms with Gasteiger partial charge >= 0.3 is 0 Å². The Morgan fingerprint density at radius 2 is 1.24 bits per heavy atom. The SMILES string of the molecule is C1CCOCC1.C[Si](C)(CCCN)N[Si](C)(C)CCCN. The molecule has 1 aliphatic heterocycles. The Kier molecular flexibility index (Phi) is 11.9. The number of rotatable bonds is 8. The molecule has 0 saturated carbocycles. The highest BCUT2D eigenvalue weighted by atomic mass is 28.4. The topological polar surface area (TPSA) is 73.3 Å². The normalized spacial score (nSPS) is 16.3. The van der Waals surface area contributed by atoms with Gasteiger partial charge in [-0.05, 0) is 57.3 Å². The minimum absolute atomic E-state index is 0.822. The fourth-order valence-electron chi connectivity index (χ4n) is 2.82. The van der Waals surface area contributed by atoms with Crippen LogP contribution in [0.25, 0.3) is 0 Å². The highest BCUT2D eigenvalue weighted by molar-refractivity contribution is 6.91. The summed E-state index contributed by atoms with van der Waals surface area (Å²) < 4.78 is 9.04. The summed E-state index contributed by atoms with van der Waals surface area (Å²) in [4.78, 5) is 0. The van der Waals surface area contributed by atoms with Gasteiger partial charge in [0.25, 0.3) is 0 Å². The molecular formula is C15H39N3OSi2. The molecule has 0 bridgehead atoms. The molecule has 0 radical (unpaired) electrons. The lowest BCUT2D eigenvalue weighted by atomic mass is 10.2. The average molecular weight is 334 g/mol. The zero-order chi connectivity index (χ0) is 16.2. The zero-order valence-electron chi connectivity index (χ0n) is 14.8. The van der Waals surface area contributed by atoms with E-state index in [0.717, 1.165) is 39.1 Å². The first kappa shape index (κ1) is 21.3. The Morgan fingerprint density at radius 1 is 0.810 bits per heavy atom. The van der Waals surface area contributed by atoms with Crippen LogP contribution in [0.3, 0.4) is 0 Å². The van der Waals surface area contributed by atoms with E-state index < -0.39 is 16.5 Å². The lowest BCUT2D eigenvalue weighted by molar-refractivity contribution is 0.0968. The van der Waals surface area contributed by atoms with E-state index in [1.165, 1.54) is 31.4 Å². The van der Waals surface area contributed by atoms with Crippen LogP contribution in [0.5, 0.6) is 0 Å². The van der Waals surface area contributed by atoms with Crippen LogP contribution < -0.4 is 16.1 Å². The lowest BCUT2D eigenvalue weighted by Crippen LogP contribution is -2.59. The van der Waals surface area contributed by atoms with Gasteiger partial charge in [-0.2, -0.15) is 0 Å². The number of ether oxygens (including phenoxy) is 1. The van der Waals surface area contributed by atoms with Crippen molar-refractivity contribution in [3.63, 3.8) is 0 Å². The van der Waals surface area contributed by atoms with Gasteiger partial charge in [0.1, 0.15) is 16.5 Å². The quantitative estimate of drug-likeness (QED) is 0.597. The van der Waals surface area contributed by atoms with E-state index in [9.17, 15) is 0 Å². The van der Waals surface area contributed by atoms with Crippen molar-refractivity contribution in [1.82, 2.24) is 4.65 Å². The smallest absolute Gasteiger partial charge is 0.112 e. The van der Waals surface area contributed by atoms with E-state index in [1.54, 1.807) is 0 Å². The van der Waals surface area contributed by atoms with Gasteiger partial charge in [-0.25, -0.2) is 0 Å². The van der Waals surface area contributed by atoms with E-state index in [2.05, 4.69) is 30.8 Å². The Hall–Kier alpha value is 0.274. The monoisotopic (exact) mass is 333 g/mol. The molecule has 128 valence electrons. The number of hydrogen-bond acceptors (Lipinski definition) is 4. The number of hydrogen-bond donors (Lipinski definition) is 3. The highest BCUT2D eigenvalue weighted by Crippen LogP contribution is 2.15. The third-order valence-corrected chi connectivity index (χ3v) is 12.4. The third-order valence-electron chi connectivity index (χ3n) is 3.77. The molecule has 0 unspecified atom stereocenters. The predicted octanol–water partition coefficient (Wildman–Crippen LogP) is 2.87. The fraction of sp³-hybridized carbons (Fsp3) is 1.00. The molecule has 0 spiro atoms. The van der Waals surface area contributed by atoms with Gasteiger partial charge in [-0.15, -0.1) is 0 Å². The van der Waals surface area contributed by atoms with Crippen molar-refractivity contribution in [3.05, 3.63) is 0 Å². The van der Waals surface area contributed by atoms with Crippen molar-refractivity contribution in [2.75, 3.05) is 26.3 Å². The summed E-state index contributed by atoms with van der Waals surface area (Å²) >= 11 is 0. The van der Waals surface area contributed by atoms with Gasteiger partial charge in [0.05, 0.1) is 0 Å². The van der Waals surface area contributed by atoms with Crippen molar-refractivity contribution in [2.45, 2.75) is 70.4 Å². The average Bonchev–Trinajstić information content (AvgIpc) is 2.44. The molecule has 0 atom stereocenters. The summed E-state index contributed by atoms with van der Waals surface area (Å²) in [6.45, 7) is 13.3. The van der Waals surface area contributed by atoms with E-state index >= 15 is 0 Å². The van der Waals surface area contributed by atoms with Crippen LogP contribution in [0.1, 0.15) is 32.1 Å². The van der Waals surface area contributed by atoms with Crippen LogP contribution in [0, 0.1) is 0 Å². The molecule has 21 heavy (non-hydrogen) atoms. The molecule has 1 fully saturated rings. The van der Waals surface area contributed by atoms with Gasteiger partial charge in [0.15, 0.2) is 0 Å². The molecule has 1 aliphatic rings. The van der Waals surface area contributed by atoms with Crippen molar-refractivity contribution in [3.8, 4) is 0 Å². The molecule has 5 N–H and O–H groups in total. The Bertz CT molecular complexity index is 218. The lowest BCUT2D eigenvalue weighted by Gasteiger charge is -2.34. The first-order valence-electron chi connectivity index (χ1n) is 8.60. The summed E-state index contributed by atoms with van der Waals surface area (Å²) in [5.74, 6) is 0. The van der Waals surface area contributed by atoms with Crippen LogP contribution in [0.2, 0.25) is 38.3 Å². The number of nitrogens with two attached hydrogens (primary N) is 2. The molecule has 6 heteroatoms.